The number of para-hydroxylation sites is 3. The van der Waals surface area contributed by atoms with E-state index < -0.39 is 5.41 Å². The van der Waals surface area contributed by atoms with Crippen molar-refractivity contribution in [2.75, 3.05) is 9.80 Å². The molecule has 12 aromatic rings. The predicted octanol–water partition coefficient (Wildman–Crippen LogP) is 21.8. The van der Waals surface area contributed by atoms with Crippen LogP contribution in [0.2, 0.25) is 0 Å². The van der Waals surface area contributed by atoms with Crippen LogP contribution in [-0.2, 0) is 48.1 Å². The van der Waals surface area contributed by atoms with Crippen LogP contribution in [0.15, 0.2) is 219 Å². The largest absolute Gasteiger partial charge is 0.509 e. The van der Waals surface area contributed by atoms with Crippen LogP contribution in [0.1, 0.15) is 128 Å². The topological polar surface area (TPSA) is 33.5 Å². The Morgan fingerprint density at radius 3 is 1.60 bits per heavy atom. The zero-order valence-electron chi connectivity index (χ0n) is 52.9. The van der Waals surface area contributed by atoms with Gasteiger partial charge in [-0.15, -0.1) is 48.1 Å². The van der Waals surface area contributed by atoms with Crippen molar-refractivity contribution in [2.45, 2.75) is 110 Å². The standard InChI is InChI=1S/C83H73N4O.Pt/c1-79(2,3)54-37-35-52(36-38-54)61-28-22-29-62(53-45-56(81(7,8)9)47-57(46-53)82(10,11)12)78(61)86-51-85(71-33-19-20-34-72(71)86)58-23-21-24-59(49-58)88-60-39-40-66-74(50-60)87(75-48-55(43-44-84-75)80(4,5)6)73-42-41-70-76(77(66)73)65-27-15-18-32-69(65)83(70)67-30-16-13-25-63(67)64-26-14-17-31-68(64)83;/h13-48,51H,1-12H3;/q-3;. The third-order valence-corrected chi connectivity index (χ3v) is 18.8. The molecule has 0 unspecified atom stereocenters. The molecule has 1 aliphatic heterocycles. The molecule has 444 valence electrons. The molecule has 3 heterocycles. The molecule has 0 N–H and O–H groups in total. The zero-order valence-corrected chi connectivity index (χ0v) is 55.1. The Hall–Kier alpha value is -8.76. The first-order chi connectivity index (χ1) is 42.2. The SMILES string of the molecule is CC(C)(C)c1ccc(-c2cccc(-c3cc(C(C)(C)C)cc(C(C)(C)C)c3)c2N2[CH-]N(c3[c-]c(Oc4[c-]c5c(cc4)c4c6c(ccc4n5-c4cc(C(C)(C)C)ccn4)C4(c5ccccc5-c5ccccc54)c4ccccc4-6)ccc3)c3ccccc32)cc1.[Pt]. The number of nitrogens with zero attached hydrogens (tertiary/aromatic N) is 4. The summed E-state index contributed by atoms with van der Waals surface area (Å²) in [5, 5.41) is 2.26. The first kappa shape index (κ1) is 58.0. The van der Waals surface area contributed by atoms with Gasteiger partial charge in [-0.25, -0.2) is 4.98 Å². The Kier molecular flexibility index (Phi) is 13.6. The van der Waals surface area contributed by atoms with Crippen molar-refractivity contribution in [3.63, 3.8) is 0 Å². The smallest absolute Gasteiger partial charge is 0.135 e. The Labute approximate surface area is 540 Å². The van der Waals surface area contributed by atoms with Crippen molar-refractivity contribution < 1.29 is 25.8 Å². The Bertz CT molecular complexity index is 4730. The molecular weight excluding hydrogens is 1260 g/mol. The molecule has 0 fully saturated rings. The van der Waals surface area contributed by atoms with E-state index in [1.165, 1.54) is 77.7 Å². The number of hydrogen-bond donors (Lipinski definition) is 0. The van der Waals surface area contributed by atoms with Crippen LogP contribution in [0.5, 0.6) is 11.5 Å². The Morgan fingerprint density at radius 1 is 0.427 bits per heavy atom. The number of ether oxygens (including phenoxy) is 1. The van der Waals surface area contributed by atoms with E-state index in [-0.39, 0.29) is 42.7 Å². The number of fused-ring (bicyclic) bond motifs is 15. The molecule has 0 saturated carbocycles. The zero-order chi connectivity index (χ0) is 60.8. The van der Waals surface area contributed by atoms with E-state index in [0.717, 1.165) is 61.7 Å². The molecule has 89 heavy (non-hydrogen) atoms. The molecule has 10 aromatic carbocycles. The van der Waals surface area contributed by atoms with Gasteiger partial charge in [0.05, 0.1) is 5.41 Å². The van der Waals surface area contributed by atoms with Gasteiger partial charge in [-0.3, -0.25) is 0 Å². The van der Waals surface area contributed by atoms with E-state index in [9.17, 15) is 0 Å². The van der Waals surface area contributed by atoms with E-state index in [4.69, 9.17) is 9.72 Å². The fraction of sp³-hybridized carbons (Fsp3) is 0.205. The monoisotopic (exact) mass is 1340 g/mol. The number of pyridine rings is 1. The molecule has 0 amide bonds. The van der Waals surface area contributed by atoms with Crippen molar-refractivity contribution in [1.82, 2.24) is 9.55 Å². The minimum absolute atomic E-state index is 0. The number of hydrogen-bond acceptors (Lipinski definition) is 4. The Morgan fingerprint density at radius 2 is 0.966 bits per heavy atom. The average molecular weight is 1340 g/mol. The molecule has 0 saturated heterocycles. The van der Waals surface area contributed by atoms with Gasteiger partial charge in [0.1, 0.15) is 5.82 Å². The molecule has 2 aromatic heterocycles. The summed E-state index contributed by atoms with van der Waals surface area (Å²) in [7, 11) is 0. The molecule has 0 radical (unpaired) electrons. The summed E-state index contributed by atoms with van der Waals surface area (Å²) in [4.78, 5) is 9.79. The minimum atomic E-state index is -0.484. The van der Waals surface area contributed by atoms with Crippen LogP contribution >= 0.6 is 0 Å². The molecule has 2 aliphatic carbocycles. The normalized spacial score (nSPS) is 14.0. The van der Waals surface area contributed by atoms with Crippen molar-refractivity contribution in [2.24, 2.45) is 0 Å². The second-order valence-corrected chi connectivity index (χ2v) is 28.5. The van der Waals surface area contributed by atoms with Crippen LogP contribution in [0.3, 0.4) is 0 Å². The minimum Gasteiger partial charge on any atom is -0.509 e. The Balaban J connectivity index is 0.00000694. The van der Waals surface area contributed by atoms with Gasteiger partial charge in [-0.05, 0) is 135 Å². The molecule has 0 atom stereocenters. The van der Waals surface area contributed by atoms with Gasteiger partial charge in [-0.1, -0.05) is 240 Å². The van der Waals surface area contributed by atoms with Crippen molar-refractivity contribution in [3.8, 4) is 61.8 Å². The van der Waals surface area contributed by atoms with Gasteiger partial charge < -0.3 is 19.1 Å². The maximum absolute atomic E-state index is 7.02. The molecule has 0 bridgehead atoms. The summed E-state index contributed by atoms with van der Waals surface area (Å²) in [6, 6.07) is 86.2. The van der Waals surface area contributed by atoms with Gasteiger partial charge in [0, 0.05) is 72.5 Å². The van der Waals surface area contributed by atoms with E-state index >= 15 is 0 Å². The second kappa shape index (κ2) is 20.9. The maximum Gasteiger partial charge on any atom is 0.135 e. The van der Waals surface area contributed by atoms with E-state index in [2.05, 4.69) is 323 Å². The van der Waals surface area contributed by atoms with Crippen LogP contribution in [0.4, 0.5) is 22.7 Å². The summed E-state index contributed by atoms with van der Waals surface area (Å²) in [5.41, 5.74) is 25.4. The van der Waals surface area contributed by atoms with Crippen LogP contribution in [-0.4, -0.2) is 9.55 Å². The third kappa shape index (κ3) is 9.32. The van der Waals surface area contributed by atoms with Crippen molar-refractivity contribution in [1.29, 1.82) is 0 Å². The molecule has 3 aliphatic rings. The molecule has 15 rings (SSSR count). The molecule has 1 spiro atoms. The van der Waals surface area contributed by atoms with E-state index in [1.807, 2.05) is 12.3 Å². The molecule has 6 heteroatoms. The fourth-order valence-electron chi connectivity index (χ4n) is 14.2. The number of anilines is 4. The van der Waals surface area contributed by atoms with E-state index in [0.29, 0.717) is 11.5 Å². The molecular formula is C83H73N4OPt-3. The summed E-state index contributed by atoms with van der Waals surface area (Å²) in [5.74, 6) is 2.00. The van der Waals surface area contributed by atoms with Gasteiger partial charge in [0.2, 0.25) is 0 Å². The summed E-state index contributed by atoms with van der Waals surface area (Å²) in [6.07, 6.45) is 1.95. The van der Waals surface area contributed by atoms with Crippen LogP contribution < -0.4 is 14.5 Å². The van der Waals surface area contributed by atoms with Crippen molar-refractivity contribution >= 4 is 44.6 Å². The number of benzene rings is 10. The summed E-state index contributed by atoms with van der Waals surface area (Å²) in [6.45, 7) is 29.7. The van der Waals surface area contributed by atoms with Gasteiger partial charge >= 0.3 is 0 Å². The second-order valence-electron chi connectivity index (χ2n) is 28.5. The molecule has 5 nitrogen and oxygen atoms in total. The first-order valence-electron chi connectivity index (χ1n) is 31.1. The fourth-order valence-corrected chi connectivity index (χ4v) is 14.2. The van der Waals surface area contributed by atoms with Gasteiger partial charge in [-0.2, -0.15) is 12.1 Å². The van der Waals surface area contributed by atoms with E-state index in [1.54, 1.807) is 0 Å². The summed E-state index contributed by atoms with van der Waals surface area (Å²) >= 11 is 0. The quantitative estimate of drug-likeness (QED) is 0.149. The number of aromatic nitrogens is 2. The van der Waals surface area contributed by atoms with Crippen molar-refractivity contribution in [3.05, 3.63) is 282 Å². The van der Waals surface area contributed by atoms with Crippen LogP contribution in [0, 0.1) is 18.8 Å². The van der Waals surface area contributed by atoms with Gasteiger partial charge in [0.25, 0.3) is 0 Å². The summed E-state index contributed by atoms with van der Waals surface area (Å²) < 4.78 is 9.32. The first-order valence-corrected chi connectivity index (χ1v) is 31.1. The van der Waals surface area contributed by atoms with Gasteiger partial charge in [0.15, 0.2) is 0 Å². The third-order valence-electron chi connectivity index (χ3n) is 18.8. The average Bonchev–Trinajstić information content (AvgIpc) is 1.50. The predicted molar refractivity (Wildman–Crippen MR) is 366 cm³/mol. The maximum atomic E-state index is 7.02. The van der Waals surface area contributed by atoms with Crippen LogP contribution in [0.25, 0.3) is 72.1 Å². The number of rotatable bonds is 7.